The molecule has 0 spiro atoms. The summed E-state index contributed by atoms with van der Waals surface area (Å²) in [4.78, 5) is 46.3. The zero-order valence-electron chi connectivity index (χ0n) is 14.4. The maximum atomic E-state index is 12.2. The van der Waals surface area contributed by atoms with Crippen molar-refractivity contribution in [3.8, 4) is 0 Å². The summed E-state index contributed by atoms with van der Waals surface area (Å²) < 4.78 is 4.99. The molecule has 0 saturated heterocycles. The monoisotopic (exact) mass is 344 g/mol. The minimum Gasteiger partial charge on any atom is -0.457 e. The minimum absolute atomic E-state index is 0.0764. The first-order chi connectivity index (χ1) is 11.9. The highest BCUT2D eigenvalue weighted by molar-refractivity contribution is 6.04. The van der Waals surface area contributed by atoms with Crippen molar-refractivity contribution >= 4 is 23.5 Å². The minimum atomic E-state index is -0.510. The molecular formula is C17H20N4O4. The number of carbonyl (C=O) groups is 3. The quantitative estimate of drug-likeness (QED) is 0.555. The second kappa shape index (κ2) is 8.18. The molecule has 0 atom stereocenters. The maximum Gasteiger partial charge on any atom is 0.308 e. The van der Waals surface area contributed by atoms with Crippen molar-refractivity contribution in [1.29, 1.82) is 0 Å². The summed E-state index contributed by atoms with van der Waals surface area (Å²) in [5.74, 6) is -0.581. The van der Waals surface area contributed by atoms with Crippen LogP contribution >= 0.6 is 0 Å². The van der Waals surface area contributed by atoms with Crippen LogP contribution in [0.25, 0.3) is 0 Å². The Labute approximate surface area is 145 Å². The van der Waals surface area contributed by atoms with Crippen molar-refractivity contribution in [2.45, 2.75) is 27.2 Å². The highest BCUT2D eigenvalue weighted by Crippen LogP contribution is 2.19. The highest BCUT2D eigenvalue weighted by atomic mass is 16.5. The second-order valence-corrected chi connectivity index (χ2v) is 5.51. The predicted molar refractivity (Wildman–Crippen MR) is 90.7 cm³/mol. The van der Waals surface area contributed by atoms with Gasteiger partial charge in [-0.3, -0.25) is 14.4 Å². The van der Waals surface area contributed by atoms with Crippen molar-refractivity contribution < 1.29 is 19.1 Å². The molecule has 2 rings (SSSR count). The number of Topliss-reactive ketones (excluding diaryl/α,β-unsaturated/α-hetero) is 2. The molecular weight excluding hydrogens is 324 g/mol. The van der Waals surface area contributed by atoms with Crippen LogP contribution in [0.3, 0.4) is 0 Å². The molecule has 2 heterocycles. The number of nitrogens with zero attached hydrogens (tertiary/aromatic N) is 2. The number of ketones is 2. The van der Waals surface area contributed by atoms with Gasteiger partial charge in [-0.05, 0) is 32.4 Å². The van der Waals surface area contributed by atoms with Crippen LogP contribution in [0.5, 0.6) is 0 Å². The number of hydrogen-bond acceptors (Lipinski definition) is 7. The van der Waals surface area contributed by atoms with Crippen LogP contribution in [-0.2, 0) is 9.53 Å². The van der Waals surface area contributed by atoms with Crippen molar-refractivity contribution in [2.24, 2.45) is 0 Å². The molecule has 0 fully saturated rings. The van der Waals surface area contributed by atoms with Gasteiger partial charge >= 0.3 is 5.97 Å². The first kappa shape index (κ1) is 18.3. The lowest BCUT2D eigenvalue weighted by molar-refractivity contribution is -0.142. The summed E-state index contributed by atoms with van der Waals surface area (Å²) in [6, 6.07) is 1.69. The number of aromatic amines is 1. The van der Waals surface area contributed by atoms with Gasteiger partial charge in [0.1, 0.15) is 0 Å². The molecule has 8 heteroatoms. The number of carbonyl (C=O) groups excluding carboxylic acids is 3. The van der Waals surface area contributed by atoms with Gasteiger partial charge in [0, 0.05) is 30.2 Å². The number of H-pyrrole nitrogens is 1. The Morgan fingerprint density at radius 1 is 1.20 bits per heavy atom. The zero-order valence-corrected chi connectivity index (χ0v) is 14.4. The third kappa shape index (κ3) is 4.72. The molecule has 25 heavy (non-hydrogen) atoms. The molecule has 132 valence electrons. The third-order valence-electron chi connectivity index (χ3n) is 3.61. The molecule has 0 radical (unpaired) electrons. The van der Waals surface area contributed by atoms with Crippen molar-refractivity contribution in [2.75, 3.05) is 18.5 Å². The SMILES string of the molecule is CC(=O)c1c(C)[nH]c(C(=O)COC(=O)CCNc2ncccn2)c1C. The molecule has 2 N–H and O–H groups in total. The summed E-state index contributed by atoms with van der Waals surface area (Å²) in [6.07, 6.45) is 3.25. The molecule has 0 unspecified atom stereocenters. The van der Waals surface area contributed by atoms with E-state index in [0.717, 1.165) is 0 Å². The Kier molecular flexibility index (Phi) is 5.99. The third-order valence-corrected chi connectivity index (χ3v) is 3.61. The van der Waals surface area contributed by atoms with E-state index in [1.807, 2.05) is 0 Å². The van der Waals surface area contributed by atoms with Gasteiger partial charge in [-0.2, -0.15) is 0 Å². The average molecular weight is 344 g/mol. The Morgan fingerprint density at radius 3 is 2.48 bits per heavy atom. The number of aromatic nitrogens is 3. The Morgan fingerprint density at radius 2 is 1.88 bits per heavy atom. The fourth-order valence-corrected chi connectivity index (χ4v) is 2.51. The Balaban J connectivity index is 1.82. The van der Waals surface area contributed by atoms with E-state index < -0.39 is 5.97 Å². The fraction of sp³-hybridized carbons (Fsp3) is 0.353. The largest absolute Gasteiger partial charge is 0.457 e. The van der Waals surface area contributed by atoms with Crippen LogP contribution in [-0.4, -0.2) is 45.6 Å². The lowest BCUT2D eigenvalue weighted by atomic mass is 10.1. The topological polar surface area (TPSA) is 114 Å². The van der Waals surface area contributed by atoms with Crippen molar-refractivity contribution in [3.05, 3.63) is 41.0 Å². The van der Waals surface area contributed by atoms with E-state index in [4.69, 9.17) is 4.74 Å². The number of aryl methyl sites for hydroxylation is 1. The van der Waals surface area contributed by atoms with E-state index in [9.17, 15) is 14.4 Å². The molecule has 0 aromatic carbocycles. The number of anilines is 1. The normalized spacial score (nSPS) is 10.4. The van der Waals surface area contributed by atoms with Gasteiger partial charge in [-0.25, -0.2) is 9.97 Å². The Hall–Kier alpha value is -3.03. The van der Waals surface area contributed by atoms with Gasteiger partial charge in [-0.1, -0.05) is 0 Å². The second-order valence-electron chi connectivity index (χ2n) is 5.51. The van der Waals surface area contributed by atoms with E-state index in [0.29, 0.717) is 35.0 Å². The molecule has 0 bridgehead atoms. The van der Waals surface area contributed by atoms with Crippen LogP contribution in [0.15, 0.2) is 18.5 Å². The van der Waals surface area contributed by atoms with E-state index in [2.05, 4.69) is 20.3 Å². The predicted octanol–water partition coefficient (Wildman–Crippen LogP) is 1.85. The number of nitrogens with one attached hydrogen (secondary N) is 2. The van der Waals surface area contributed by atoms with Crippen LogP contribution in [0, 0.1) is 13.8 Å². The first-order valence-electron chi connectivity index (χ1n) is 7.80. The molecule has 8 nitrogen and oxygen atoms in total. The van der Waals surface area contributed by atoms with Gasteiger partial charge in [0.15, 0.2) is 12.4 Å². The molecule has 0 aliphatic rings. The van der Waals surface area contributed by atoms with Gasteiger partial charge in [0.2, 0.25) is 11.7 Å². The molecule has 2 aromatic heterocycles. The van der Waals surface area contributed by atoms with E-state index >= 15 is 0 Å². The summed E-state index contributed by atoms with van der Waals surface area (Å²) in [6.45, 7) is 4.79. The van der Waals surface area contributed by atoms with E-state index in [-0.39, 0.29) is 24.6 Å². The van der Waals surface area contributed by atoms with E-state index in [1.54, 1.807) is 32.3 Å². The fourth-order valence-electron chi connectivity index (χ4n) is 2.51. The molecule has 2 aromatic rings. The van der Waals surface area contributed by atoms with E-state index in [1.165, 1.54) is 6.92 Å². The van der Waals surface area contributed by atoms with Crippen LogP contribution in [0.2, 0.25) is 0 Å². The van der Waals surface area contributed by atoms with Crippen LogP contribution < -0.4 is 5.32 Å². The van der Waals surface area contributed by atoms with Gasteiger partial charge in [0.25, 0.3) is 0 Å². The lowest BCUT2D eigenvalue weighted by Gasteiger charge is -2.05. The number of rotatable bonds is 8. The lowest BCUT2D eigenvalue weighted by Crippen LogP contribution is -2.18. The number of hydrogen-bond donors (Lipinski definition) is 2. The smallest absolute Gasteiger partial charge is 0.308 e. The standard InChI is InChI=1S/C17H20N4O4/c1-10-15(12(3)22)11(2)21-16(10)13(23)9-25-14(24)5-8-20-17-18-6-4-7-19-17/h4,6-7,21H,5,8-9H2,1-3H3,(H,18,19,20). The van der Waals surface area contributed by atoms with Gasteiger partial charge in [0.05, 0.1) is 12.1 Å². The summed E-state index contributed by atoms with van der Waals surface area (Å²) >= 11 is 0. The summed E-state index contributed by atoms with van der Waals surface area (Å²) in [7, 11) is 0. The maximum absolute atomic E-state index is 12.2. The van der Waals surface area contributed by atoms with Crippen molar-refractivity contribution in [1.82, 2.24) is 15.0 Å². The van der Waals surface area contributed by atoms with Gasteiger partial charge in [-0.15, -0.1) is 0 Å². The molecule has 0 aliphatic carbocycles. The highest BCUT2D eigenvalue weighted by Gasteiger charge is 2.20. The first-order valence-corrected chi connectivity index (χ1v) is 7.80. The van der Waals surface area contributed by atoms with Gasteiger partial charge < -0.3 is 15.0 Å². The molecule has 0 saturated carbocycles. The summed E-state index contributed by atoms with van der Waals surface area (Å²) in [5.41, 5.74) is 2.01. The number of esters is 1. The molecule has 0 aliphatic heterocycles. The average Bonchev–Trinajstić information content (AvgIpc) is 2.88. The van der Waals surface area contributed by atoms with Crippen LogP contribution in [0.1, 0.15) is 45.4 Å². The van der Waals surface area contributed by atoms with Crippen LogP contribution in [0.4, 0.5) is 5.95 Å². The van der Waals surface area contributed by atoms with Crippen molar-refractivity contribution in [3.63, 3.8) is 0 Å². The Bertz CT molecular complexity index is 783. The zero-order chi connectivity index (χ0) is 18.4. The molecule has 0 amide bonds. The summed E-state index contributed by atoms with van der Waals surface area (Å²) in [5, 5.41) is 2.88. The number of ether oxygens (including phenoxy) is 1.